The molecule has 1 aromatic rings. The minimum Gasteiger partial charge on any atom is -0.0654 e. The standard InChI is InChI=1S/C18H30/c1-3-5-6-7-8-9-10-11-12-18-15-13-17(4-2)14-16-18/h13-16H,3-12H2,1-2H3. The Morgan fingerprint density at radius 1 is 0.611 bits per heavy atom. The molecule has 0 heterocycles. The lowest BCUT2D eigenvalue weighted by Crippen LogP contribution is -1.88. The fraction of sp³-hybridized carbons (Fsp3) is 0.667. The summed E-state index contributed by atoms with van der Waals surface area (Å²) >= 11 is 0. The van der Waals surface area contributed by atoms with Crippen LogP contribution < -0.4 is 0 Å². The SMILES string of the molecule is CCCCCCCCCCc1ccc(CC)cc1. The van der Waals surface area contributed by atoms with E-state index >= 15 is 0 Å². The third-order valence-electron chi connectivity index (χ3n) is 3.75. The molecular formula is C18H30. The van der Waals surface area contributed by atoms with Gasteiger partial charge < -0.3 is 0 Å². The van der Waals surface area contributed by atoms with Gasteiger partial charge in [-0.1, -0.05) is 83.1 Å². The molecule has 0 nitrogen and oxygen atoms in total. The molecule has 0 amide bonds. The second-order valence-electron chi connectivity index (χ2n) is 5.39. The largest absolute Gasteiger partial charge is 0.0654 e. The van der Waals surface area contributed by atoms with Crippen molar-refractivity contribution < 1.29 is 0 Å². The molecule has 102 valence electrons. The summed E-state index contributed by atoms with van der Waals surface area (Å²) in [5.74, 6) is 0. The number of hydrogen-bond donors (Lipinski definition) is 0. The van der Waals surface area contributed by atoms with Gasteiger partial charge in [0.2, 0.25) is 0 Å². The molecule has 18 heavy (non-hydrogen) atoms. The summed E-state index contributed by atoms with van der Waals surface area (Å²) in [6.45, 7) is 4.50. The minimum atomic E-state index is 1.15. The lowest BCUT2D eigenvalue weighted by atomic mass is 10.0. The van der Waals surface area contributed by atoms with E-state index < -0.39 is 0 Å². The summed E-state index contributed by atoms with van der Waals surface area (Å²) in [5.41, 5.74) is 2.97. The second-order valence-corrected chi connectivity index (χ2v) is 5.39. The Morgan fingerprint density at radius 2 is 1.11 bits per heavy atom. The number of hydrogen-bond acceptors (Lipinski definition) is 0. The lowest BCUT2D eigenvalue weighted by molar-refractivity contribution is 0.575. The van der Waals surface area contributed by atoms with Gasteiger partial charge in [-0.05, 0) is 30.4 Å². The molecule has 0 atom stereocenters. The van der Waals surface area contributed by atoms with Gasteiger partial charge in [0, 0.05) is 0 Å². The Bertz CT molecular complexity index is 283. The number of benzene rings is 1. The van der Waals surface area contributed by atoms with E-state index in [-0.39, 0.29) is 0 Å². The fourth-order valence-electron chi connectivity index (χ4n) is 2.40. The Hall–Kier alpha value is -0.780. The predicted molar refractivity (Wildman–Crippen MR) is 82.1 cm³/mol. The molecule has 0 N–H and O–H groups in total. The van der Waals surface area contributed by atoms with Crippen molar-refractivity contribution in [2.45, 2.75) is 78.1 Å². The molecule has 0 bridgehead atoms. The molecule has 0 aromatic heterocycles. The molecule has 1 aromatic carbocycles. The van der Waals surface area contributed by atoms with Crippen LogP contribution in [0.2, 0.25) is 0 Å². The number of rotatable bonds is 10. The van der Waals surface area contributed by atoms with E-state index in [1.165, 1.54) is 68.9 Å². The van der Waals surface area contributed by atoms with Crippen molar-refractivity contribution in [3.63, 3.8) is 0 Å². The van der Waals surface area contributed by atoms with E-state index in [9.17, 15) is 0 Å². The Kier molecular flexibility index (Phi) is 8.63. The van der Waals surface area contributed by atoms with Crippen LogP contribution in [0, 0.1) is 0 Å². The maximum Gasteiger partial charge on any atom is -0.0279 e. The highest BCUT2D eigenvalue weighted by Gasteiger charge is 1.95. The van der Waals surface area contributed by atoms with E-state index in [0.29, 0.717) is 0 Å². The van der Waals surface area contributed by atoms with E-state index in [1.807, 2.05) is 0 Å². The third kappa shape index (κ3) is 6.83. The quantitative estimate of drug-likeness (QED) is 0.449. The minimum absolute atomic E-state index is 1.15. The monoisotopic (exact) mass is 246 g/mol. The molecule has 0 aliphatic heterocycles. The van der Waals surface area contributed by atoms with Crippen molar-refractivity contribution in [2.75, 3.05) is 0 Å². The highest BCUT2D eigenvalue weighted by molar-refractivity contribution is 5.22. The van der Waals surface area contributed by atoms with Crippen LogP contribution in [0.1, 0.15) is 76.3 Å². The zero-order chi connectivity index (χ0) is 13.1. The van der Waals surface area contributed by atoms with Crippen molar-refractivity contribution in [1.82, 2.24) is 0 Å². The number of unbranched alkanes of at least 4 members (excludes halogenated alkanes) is 7. The van der Waals surface area contributed by atoms with Crippen LogP contribution in [0.4, 0.5) is 0 Å². The van der Waals surface area contributed by atoms with Gasteiger partial charge in [0.25, 0.3) is 0 Å². The van der Waals surface area contributed by atoms with Gasteiger partial charge in [-0.25, -0.2) is 0 Å². The molecule has 0 fully saturated rings. The Labute approximate surface area is 114 Å². The van der Waals surface area contributed by atoms with E-state index in [4.69, 9.17) is 0 Å². The maximum absolute atomic E-state index is 2.31. The summed E-state index contributed by atoms with van der Waals surface area (Å²) in [7, 11) is 0. The van der Waals surface area contributed by atoms with Crippen molar-refractivity contribution in [3.8, 4) is 0 Å². The highest BCUT2D eigenvalue weighted by atomic mass is 14.0. The first-order chi connectivity index (χ1) is 8.86. The molecule has 0 heteroatoms. The van der Waals surface area contributed by atoms with Gasteiger partial charge in [0.1, 0.15) is 0 Å². The first kappa shape index (κ1) is 15.3. The van der Waals surface area contributed by atoms with Gasteiger partial charge >= 0.3 is 0 Å². The smallest absolute Gasteiger partial charge is 0.0279 e. The molecule has 0 radical (unpaired) electrons. The van der Waals surface area contributed by atoms with Crippen LogP contribution in [0.3, 0.4) is 0 Å². The van der Waals surface area contributed by atoms with Crippen LogP contribution >= 0.6 is 0 Å². The normalized spacial score (nSPS) is 10.8. The lowest BCUT2D eigenvalue weighted by Gasteiger charge is -2.03. The van der Waals surface area contributed by atoms with Crippen LogP contribution in [0.5, 0.6) is 0 Å². The van der Waals surface area contributed by atoms with E-state index in [1.54, 1.807) is 0 Å². The summed E-state index contributed by atoms with van der Waals surface area (Å²) in [6, 6.07) is 9.17. The van der Waals surface area contributed by atoms with Gasteiger partial charge in [0.05, 0.1) is 0 Å². The van der Waals surface area contributed by atoms with Crippen LogP contribution in [-0.2, 0) is 12.8 Å². The highest BCUT2D eigenvalue weighted by Crippen LogP contribution is 2.12. The number of aryl methyl sites for hydroxylation is 2. The zero-order valence-electron chi connectivity index (χ0n) is 12.4. The molecule has 0 aliphatic rings. The summed E-state index contributed by atoms with van der Waals surface area (Å²) in [5, 5.41) is 0. The molecule has 0 saturated carbocycles. The molecule has 0 unspecified atom stereocenters. The van der Waals surface area contributed by atoms with Crippen molar-refractivity contribution in [1.29, 1.82) is 0 Å². The summed E-state index contributed by atoms with van der Waals surface area (Å²) in [4.78, 5) is 0. The molecule has 0 aliphatic carbocycles. The second kappa shape index (κ2) is 10.2. The van der Waals surface area contributed by atoms with Gasteiger partial charge in [-0.2, -0.15) is 0 Å². The fourth-order valence-corrected chi connectivity index (χ4v) is 2.40. The average Bonchev–Trinajstić information content (AvgIpc) is 2.42. The van der Waals surface area contributed by atoms with E-state index in [0.717, 1.165) is 6.42 Å². The Balaban J connectivity index is 2.00. The van der Waals surface area contributed by atoms with E-state index in [2.05, 4.69) is 38.1 Å². The maximum atomic E-state index is 2.31. The molecular weight excluding hydrogens is 216 g/mol. The average molecular weight is 246 g/mol. The Morgan fingerprint density at radius 3 is 1.67 bits per heavy atom. The summed E-state index contributed by atoms with van der Waals surface area (Å²) in [6.07, 6.45) is 13.7. The third-order valence-corrected chi connectivity index (χ3v) is 3.75. The topological polar surface area (TPSA) is 0 Å². The molecule has 1 rings (SSSR count). The molecule has 0 saturated heterocycles. The first-order valence-corrected chi connectivity index (χ1v) is 7.94. The van der Waals surface area contributed by atoms with Crippen molar-refractivity contribution in [3.05, 3.63) is 35.4 Å². The zero-order valence-corrected chi connectivity index (χ0v) is 12.4. The van der Waals surface area contributed by atoms with Crippen LogP contribution in [0.15, 0.2) is 24.3 Å². The van der Waals surface area contributed by atoms with Gasteiger partial charge in [-0.15, -0.1) is 0 Å². The molecule has 0 spiro atoms. The van der Waals surface area contributed by atoms with Crippen LogP contribution in [0.25, 0.3) is 0 Å². The predicted octanol–water partition coefficient (Wildman–Crippen LogP) is 5.93. The first-order valence-electron chi connectivity index (χ1n) is 7.94. The van der Waals surface area contributed by atoms with Crippen LogP contribution in [-0.4, -0.2) is 0 Å². The van der Waals surface area contributed by atoms with Gasteiger partial charge in [0.15, 0.2) is 0 Å². The summed E-state index contributed by atoms with van der Waals surface area (Å²) < 4.78 is 0. The van der Waals surface area contributed by atoms with Crippen molar-refractivity contribution >= 4 is 0 Å². The van der Waals surface area contributed by atoms with Crippen molar-refractivity contribution in [2.24, 2.45) is 0 Å². The van der Waals surface area contributed by atoms with Gasteiger partial charge in [-0.3, -0.25) is 0 Å².